The minimum Gasteiger partial charge on any atom is -0.497 e. The number of benzene rings is 1. The first-order valence-corrected chi connectivity index (χ1v) is 9.27. The predicted molar refractivity (Wildman–Crippen MR) is 100 cm³/mol. The molecule has 1 fully saturated rings. The SMILES string of the molecule is COc1ccc(-c2[nH]ncc2CNC(=O)C(C(=O)O)C2CCCCC2)cc1. The molecule has 0 spiro atoms. The Labute approximate surface area is 158 Å². The number of aliphatic carboxylic acids is 1. The number of amides is 1. The van der Waals surface area contributed by atoms with Gasteiger partial charge >= 0.3 is 5.97 Å². The molecule has 144 valence electrons. The van der Waals surface area contributed by atoms with Crippen molar-refractivity contribution in [2.45, 2.75) is 38.6 Å². The summed E-state index contributed by atoms with van der Waals surface area (Å²) in [6, 6.07) is 7.50. The molecule has 0 radical (unpaired) electrons. The summed E-state index contributed by atoms with van der Waals surface area (Å²) >= 11 is 0. The van der Waals surface area contributed by atoms with E-state index >= 15 is 0 Å². The van der Waals surface area contributed by atoms with Gasteiger partial charge in [-0.25, -0.2) is 0 Å². The predicted octanol–water partition coefficient (Wildman–Crippen LogP) is 2.98. The monoisotopic (exact) mass is 371 g/mol. The van der Waals surface area contributed by atoms with E-state index in [0.29, 0.717) is 0 Å². The molecule has 1 atom stereocenters. The van der Waals surface area contributed by atoms with E-state index in [1.807, 2.05) is 24.3 Å². The number of ether oxygens (including phenoxy) is 1. The molecule has 27 heavy (non-hydrogen) atoms. The molecule has 1 aliphatic carbocycles. The van der Waals surface area contributed by atoms with Crippen molar-refractivity contribution in [3.8, 4) is 17.0 Å². The number of aromatic nitrogens is 2. The summed E-state index contributed by atoms with van der Waals surface area (Å²) in [5.74, 6) is -1.77. The number of hydrogen-bond acceptors (Lipinski definition) is 4. The van der Waals surface area contributed by atoms with Crippen LogP contribution in [0.1, 0.15) is 37.7 Å². The van der Waals surface area contributed by atoms with Crippen LogP contribution in [0.2, 0.25) is 0 Å². The van der Waals surface area contributed by atoms with Gasteiger partial charge in [-0.2, -0.15) is 5.10 Å². The van der Waals surface area contributed by atoms with Crippen LogP contribution in [-0.4, -0.2) is 34.3 Å². The lowest BCUT2D eigenvalue weighted by Crippen LogP contribution is -2.40. The minimum atomic E-state index is -1.04. The van der Waals surface area contributed by atoms with Gasteiger partial charge in [0.25, 0.3) is 0 Å². The molecular formula is C20H25N3O4. The molecule has 7 nitrogen and oxygen atoms in total. The molecule has 7 heteroatoms. The molecule has 2 aromatic rings. The number of carbonyl (C=O) groups excluding carboxylic acids is 1. The van der Waals surface area contributed by atoms with Crippen LogP contribution in [0.25, 0.3) is 11.3 Å². The third-order valence-corrected chi connectivity index (χ3v) is 5.22. The zero-order valence-electron chi connectivity index (χ0n) is 15.4. The molecule has 1 aromatic carbocycles. The molecule has 0 saturated heterocycles. The lowest BCUT2D eigenvalue weighted by atomic mass is 9.79. The topological polar surface area (TPSA) is 104 Å². The van der Waals surface area contributed by atoms with Crippen LogP contribution < -0.4 is 10.1 Å². The molecule has 1 heterocycles. The average Bonchev–Trinajstić information content (AvgIpc) is 3.16. The lowest BCUT2D eigenvalue weighted by molar-refractivity contribution is -0.150. The number of rotatable bonds is 7. The molecule has 3 N–H and O–H groups in total. The Kier molecular flexibility index (Phi) is 6.11. The number of methoxy groups -OCH3 is 1. The summed E-state index contributed by atoms with van der Waals surface area (Å²) in [6.45, 7) is 0.229. The maximum atomic E-state index is 12.6. The maximum absolute atomic E-state index is 12.6. The molecule has 3 rings (SSSR count). The zero-order valence-corrected chi connectivity index (χ0v) is 15.4. The molecule has 1 unspecified atom stereocenters. The fraction of sp³-hybridized carbons (Fsp3) is 0.450. The van der Waals surface area contributed by atoms with Crippen molar-refractivity contribution in [1.29, 1.82) is 0 Å². The highest BCUT2D eigenvalue weighted by Crippen LogP contribution is 2.30. The normalized spacial score (nSPS) is 15.9. The Bertz CT molecular complexity index is 779. The Balaban J connectivity index is 1.68. The van der Waals surface area contributed by atoms with Gasteiger partial charge in [-0.3, -0.25) is 14.7 Å². The van der Waals surface area contributed by atoms with Gasteiger partial charge in [-0.1, -0.05) is 19.3 Å². The van der Waals surface area contributed by atoms with Crippen LogP contribution in [0, 0.1) is 11.8 Å². The fourth-order valence-corrected chi connectivity index (χ4v) is 3.74. The Morgan fingerprint density at radius 2 is 1.96 bits per heavy atom. The third-order valence-electron chi connectivity index (χ3n) is 5.22. The summed E-state index contributed by atoms with van der Waals surface area (Å²) in [6.07, 6.45) is 6.34. The summed E-state index contributed by atoms with van der Waals surface area (Å²) in [7, 11) is 1.61. The van der Waals surface area contributed by atoms with E-state index < -0.39 is 17.8 Å². The van der Waals surface area contributed by atoms with Gasteiger partial charge in [-0.15, -0.1) is 0 Å². The Morgan fingerprint density at radius 3 is 2.59 bits per heavy atom. The quantitative estimate of drug-likeness (QED) is 0.649. The van der Waals surface area contributed by atoms with Crippen LogP contribution in [0.5, 0.6) is 5.75 Å². The average molecular weight is 371 g/mol. The summed E-state index contributed by atoms with van der Waals surface area (Å²) < 4.78 is 5.16. The van der Waals surface area contributed by atoms with E-state index in [2.05, 4.69) is 15.5 Å². The molecule has 1 saturated carbocycles. The van der Waals surface area contributed by atoms with E-state index in [1.165, 1.54) is 0 Å². The van der Waals surface area contributed by atoms with Gasteiger partial charge in [0.05, 0.1) is 19.0 Å². The molecule has 1 aliphatic rings. The fourth-order valence-electron chi connectivity index (χ4n) is 3.74. The zero-order chi connectivity index (χ0) is 19.2. The first-order chi connectivity index (χ1) is 13.1. The van der Waals surface area contributed by atoms with Crippen LogP contribution >= 0.6 is 0 Å². The van der Waals surface area contributed by atoms with Crippen LogP contribution in [-0.2, 0) is 16.1 Å². The minimum absolute atomic E-state index is 0.0818. The molecular weight excluding hydrogens is 346 g/mol. The van der Waals surface area contributed by atoms with E-state index in [4.69, 9.17) is 4.74 Å². The molecule has 0 aliphatic heterocycles. The Morgan fingerprint density at radius 1 is 1.26 bits per heavy atom. The highest BCUT2D eigenvalue weighted by Gasteiger charge is 2.35. The third kappa shape index (κ3) is 4.48. The van der Waals surface area contributed by atoms with Crippen molar-refractivity contribution in [2.75, 3.05) is 7.11 Å². The number of nitrogens with zero attached hydrogens (tertiary/aromatic N) is 1. The molecule has 0 bridgehead atoms. The van der Waals surface area contributed by atoms with Crippen molar-refractivity contribution in [2.24, 2.45) is 11.8 Å². The van der Waals surface area contributed by atoms with Crippen molar-refractivity contribution in [3.05, 3.63) is 36.0 Å². The second-order valence-electron chi connectivity index (χ2n) is 6.93. The molecule has 1 amide bonds. The van der Waals surface area contributed by atoms with Crippen LogP contribution in [0.3, 0.4) is 0 Å². The standard InChI is InChI=1S/C20H25N3O4/c1-27-16-9-7-14(8-10-16)18-15(12-22-23-18)11-21-19(24)17(20(25)26)13-5-3-2-4-6-13/h7-10,12-13,17H,2-6,11H2,1H3,(H,21,24)(H,22,23)(H,25,26). The van der Waals surface area contributed by atoms with Crippen molar-refractivity contribution in [3.63, 3.8) is 0 Å². The Hall–Kier alpha value is -2.83. The van der Waals surface area contributed by atoms with Crippen molar-refractivity contribution < 1.29 is 19.4 Å². The largest absolute Gasteiger partial charge is 0.497 e. The number of carboxylic acids is 1. The smallest absolute Gasteiger partial charge is 0.316 e. The van der Waals surface area contributed by atoms with Crippen LogP contribution in [0.15, 0.2) is 30.5 Å². The molecule has 1 aromatic heterocycles. The highest BCUT2D eigenvalue weighted by molar-refractivity contribution is 5.97. The highest BCUT2D eigenvalue weighted by atomic mass is 16.5. The van der Waals surface area contributed by atoms with Gasteiger partial charge in [0.2, 0.25) is 5.91 Å². The number of carboxylic acid groups (broad SMARTS) is 1. The second-order valence-corrected chi connectivity index (χ2v) is 6.93. The number of aromatic amines is 1. The first-order valence-electron chi connectivity index (χ1n) is 9.27. The van der Waals surface area contributed by atoms with Gasteiger partial charge in [0.1, 0.15) is 11.7 Å². The summed E-state index contributed by atoms with van der Waals surface area (Å²) in [4.78, 5) is 24.2. The summed E-state index contributed by atoms with van der Waals surface area (Å²) in [5, 5.41) is 19.3. The number of H-pyrrole nitrogens is 1. The number of carbonyl (C=O) groups is 2. The van der Waals surface area contributed by atoms with Crippen LogP contribution in [0.4, 0.5) is 0 Å². The van der Waals surface area contributed by atoms with Gasteiger partial charge in [-0.05, 0) is 43.0 Å². The first kappa shape index (κ1) is 18.9. The number of nitrogens with one attached hydrogen (secondary N) is 2. The van der Waals surface area contributed by atoms with E-state index in [9.17, 15) is 14.7 Å². The lowest BCUT2D eigenvalue weighted by Gasteiger charge is -2.26. The van der Waals surface area contributed by atoms with Gasteiger partial charge in [0.15, 0.2) is 0 Å². The maximum Gasteiger partial charge on any atom is 0.316 e. The van der Waals surface area contributed by atoms with E-state index in [0.717, 1.165) is 54.7 Å². The van der Waals surface area contributed by atoms with Crippen molar-refractivity contribution in [1.82, 2.24) is 15.5 Å². The van der Waals surface area contributed by atoms with Gasteiger partial charge in [0, 0.05) is 17.7 Å². The number of hydrogen-bond donors (Lipinski definition) is 3. The van der Waals surface area contributed by atoms with E-state index in [-0.39, 0.29) is 12.5 Å². The van der Waals surface area contributed by atoms with Gasteiger partial charge < -0.3 is 15.2 Å². The summed E-state index contributed by atoms with van der Waals surface area (Å²) in [5.41, 5.74) is 2.52. The second kappa shape index (κ2) is 8.70. The van der Waals surface area contributed by atoms with Crippen molar-refractivity contribution >= 4 is 11.9 Å². The van der Waals surface area contributed by atoms with E-state index in [1.54, 1.807) is 13.3 Å².